The molecule has 21 heavy (non-hydrogen) atoms. The second-order valence-corrected chi connectivity index (χ2v) is 5.60. The Balaban J connectivity index is 1.85. The fourth-order valence-corrected chi connectivity index (χ4v) is 2.61. The Bertz CT molecular complexity index is 727. The molecule has 0 bridgehead atoms. The molecule has 0 aliphatic heterocycles. The Morgan fingerprint density at radius 3 is 2.76 bits per heavy atom. The molecule has 5 heteroatoms. The number of aliphatic hydroxyl groups excluding tert-OH is 1. The van der Waals surface area contributed by atoms with Crippen LogP contribution in [-0.4, -0.2) is 19.6 Å². The summed E-state index contributed by atoms with van der Waals surface area (Å²) in [5, 5.41) is 10.4. The van der Waals surface area contributed by atoms with Gasteiger partial charge in [0, 0.05) is 23.1 Å². The number of pyridine rings is 1. The maximum Gasteiger partial charge on any atom is 0.158 e. The van der Waals surface area contributed by atoms with Gasteiger partial charge in [-0.15, -0.1) is 0 Å². The minimum atomic E-state index is -0.598. The van der Waals surface area contributed by atoms with Crippen molar-refractivity contribution in [1.82, 2.24) is 14.5 Å². The molecule has 2 aromatic heterocycles. The third-order valence-electron chi connectivity index (χ3n) is 3.21. The number of rotatable bonds is 4. The van der Waals surface area contributed by atoms with Crippen LogP contribution < -0.4 is 0 Å². The van der Waals surface area contributed by atoms with Gasteiger partial charge < -0.3 is 9.67 Å². The molecule has 0 aliphatic rings. The summed E-state index contributed by atoms with van der Waals surface area (Å²) in [6.07, 6.45) is 4.71. The van der Waals surface area contributed by atoms with E-state index in [-0.39, 0.29) is 0 Å². The molecule has 0 spiro atoms. The fraction of sp³-hybridized carbons (Fsp3) is 0.125. The lowest BCUT2D eigenvalue weighted by atomic mass is 10.1. The molecular weight excluding hydrogens is 330 g/mol. The highest BCUT2D eigenvalue weighted by molar-refractivity contribution is 9.10. The number of nitrogens with zero attached hydrogens (tertiary/aromatic N) is 3. The van der Waals surface area contributed by atoms with Crippen LogP contribution in [-0.2, 0) is 6.54 Å². The van der Waals surface area contributed by atoms with Crippen LogP contribution in [0.2, 0.25) is 0 Å². The molecular formula is C16H14BrN3O. The van der Waals surface area contributed by atoms with E-state index in [2.05, 4.69) is 25.9 Å². The molecule has 0 saturated heterocycles. The maximum absolute atomic E-state index is 10.4. The number of hydrogen-bond acceptors (Lipinski definition) is 3. The fourth-order valence-electron chi connectivity index (χ4n) is 2.19. The smallest absolute Gasteiger partial charge is 0.158 e. The molecule has 2 heterocycles. The van der Waals surface area contributed by atoms with E-state index in [1.165, 1.54) is 0 Å². The van der Waals surface area contributed by atoms with Crippen LogP contribution in [0.5, 0.6) is 0 Å². The molecule has 1 atom stereocenters. The number of aromatic nitrogens is 3. The summed E-state index contributed by atoms with van der Waals surface area (Å²) in [4.78, 5) is 8.63. The van der Waals surface area contributed by atoms with Crippen LogP contribution in [0.25, 0.3) is 11.5 Å². The molecule has 4 nitrogen and oxygen atoms in total. The van der Waals surface area contributed by atoms with Crippen molar-refractivity contribution in [2.24, 2.45) is 0 Å². The second-order valence-electron chi connectivity index (χ2n) is 4.69. The maximum atomic E-state index is 10.4. The summed E-state index contributed by atoms with van der Waals surface area (Å²) in [5.41, 5.74) is 1.66. The van der Waals surface area contributed by atoms with Crippen molar-refractivity contribution in [2.45, 2.75) is 12.6 Å². The number of halogens is 1. The topological polar surface area (TPSA) is 50.9 Å². The Morgan fingerprint density at radius 1 is 1.10 bits per heavy atom. The summed E-state index contributed by atoms with van der Waals surface area (Å²) >= 11 is 3.42. The van der Waals surface area contributed by atoms with Gasteiger partial charge in [-0.1, -0.05) is 34.1 Å². The van der Waals surface area contributed by atoms with E-state index >= 15 is 0 Å². The van der Waals surface area contributed by atoms with E-state index < -0.39 is 6.10 Å². The molecule has 0 radical (unpaired) electrons. The third kappa shape index (κ3) is 3.20. The van der Waals surface area contributed by atoms with Gasteiger partial charge in [-0.2, -0.15) is 0 Å². The zero-order chi connectivity index (χ0) is 14.7. The van der Waals surface area contributed by atoms with Gasteiger partial charge >= 0.3 is 0 Å². The molecule has 0 amide bonds. The second kappa shape index (κ2) is 6.20. The Morgan fingerprint density at radius 2 is 2.00 bits per heavy atom. The zero-order valence-corrected chi connectivity index (χ0v) is 12.8. The average Bonchev–Trinajstić information content (AvgIpc) is 2.96. The van der Waals surface area contributed by atoms with E-state index in [0.29, 0.717) is 6.54 Å². The van der Waals surface area contributed by atoms with Crippen LogP contribution in [0, 0.1) is 0 Å². The number of benzene rings is 1. The first-order valence-electron chi connectivity index (χ1n) is 6.60. The number of hydrogen-bond donors (Lipinski definition) is 1. The summed E-state index contributed by atoms with van der Waals surface area (Å²) in [6, 6.07) is 13.4. The molecule has 1 unspecified atom stereocenters. The van der Waals surface area contributed by atoms with Crippen LogP contribution in [0.3, 0.4) is 0 Å². The molecule has 0 saturated carbocycles. The largest absolute Gasteiger partial charge is 0.387 e. The summed E-state index contributed by atoms with van der Waals surface area (Å²) in [5.74, 6) is 0.754. The van der Waals surface area contributed by atoms with Gasteiger partial charge in [0.25, 0.3) is 0 Å². The lowest BCUT2D eigenvalue weighted by Gasteiger charge is -2.14. The normalized spacial score (nSPS) is 12.3. The van der Waals surface area contributed by atoms with Crippen molar-refractivity contribution in [3.63, 3.8) is 0 Å². The lowest BCUT2D eigenvalue weighted by molar-refractivity contribution is 0.157. The van der Waals surface area contributed by atoms with Gasteiger partial charge in [-0.3, -0.25) is 4.98 Å². The van der Waals surface area contributed by atoms with E-state index in [0.717, 1.165) is 21.6 Å². The Kier molecular flexibility index (Phi) is 4.13. The first-order valence-corrected chi connectivity index (χ1v) is 7.39. The Labute approximate surface area is 131 Å². The zero-order valence-electron chi connectivity index (χ0n) is 11.2. The number of aliphatic hydroxyl groups is 1. The van der Waals surface area contributed by atoms with Gasteiger partial charge in [0.15, 0.2) is 5.82 Å². The van der Waals surface area contributed by atoms with Crippen molar-refractivity contribution < 1.29 is 5.11 Å². The minimum Gasteiger partial charge on any atom is -0.387 e. The van der Waals surface area contributed by atoms with Crippen molar-refractivity contribution in [3.05, 3.63) is 71.1 Å². The molecule has 0 fully saturated rings. The highest BCUT2D eigenvalue weighted by atomic mass is 79.9. The summed E-state index contributed by atoms with van der Waals surface area (Å²) in [7, 11) is 0. The predicted molar refractivity (Wildman–Crippen MR) is 84.6 cm³/mol. The van der Waals surface area contributed by atoms with Gasteiger partial charge in [0.05, 0.1) is 12.6 Å². The van der Waals surface area contributed by atoms with E-state index in [1.54, 1.807) is 12.4 Å². The average molecular weight is 344 g/mol. The molecule has 3 aromatic rings. The van der Waals surface area contributed by atoms with Crippen molar-refractivity contribution >= 4 is 15.9 Å². The standard InChI is InChI=1S/C16H14BrN3O/c17-13-5-3-4-12(10-13)15(21)11-20-9-8-19-16(20)14-6-1-2-7-18-14/h1-10,15,21H,11H2. The quantitative estimate of drug-likeness (QED) is 0.789. The molecule has 3 rings (SSSR count). The monoisotopic (exact) mass is 343 g/mol. The highest BCUT2D eigenvalue weighted by Gasteiger charge is 2.13. The highest BCUT2D eigenvalue weighted by Crippen LogP contribution is 2.22. The van der Waals surface area contributed by atoms with Crippen LogP contribution in [0.15, 0.2) is 65.5 Å². The number of imidazole rings is 1. The first kappa shape index (κ1) is 14.0. The van der Waals surface area contributed by atoms with Gasteiger partial charge in [-0.25, -0.2) is 4.98 Å². The summed E-state index contributed by atoms with van der Waals surface area (Å²) in [6.45, 7) is 0.433. The third-order valence-corrected chi connectivity index (χ3v) is 3.71. The van der Waals surface area contributed by atoms with Crippen molar-refractivity contribution in [3.8, 4) is 11.5 Å². The first-order chi connectivity index (χ1) is 10.2. The van der Waals surface area contributed by atoms with Crippen LogP contribution in [0.1, 0.15) is 11.7 Å². The van der Waals surface area contributed by atoms with E-state index in [4.69, 9.17) is 0 Å². The van der Waals surface area contributed by atoms with Gasteiger partial charge in [0.1, 0.15) is 5.69 Å². The molecule has 106 valence electrons. The molecule has 0 aliphatic carbocycles. The SMILES string of the molecule is OC(Cn1ccnc1-c1ccccn1)c1cccc(Br)c1. The lowest BCUT2D eigenvalue weighted by Crippen LogP contribution is -2.09. The predicted octanol–water partition coefficient (Wildman–Crippen LogP) is 3.44. The van der Waals surface area contributed by atoms with E-state index in [1.807, 2.05) is 53.2 Å². The van der Waals surface area contributed by atoms with Crippen LogP contribution in [0.4, 0.5) is 0 Å². The van der Waals surface area contributed by atoms with Crippen molar-refractivity contribution in [2.75, 3.05) is 0 Å². The molecule has 1 aromatic carbocycles. The Hall–Kier alpha value is -1.98. The summed E-state index contributed by atoms with van der Waals surface area (Å²) < 4.78 is 2.86. The van der Waals surface area contributed by atoms with Crippen molar-refractivity contribution in [1.29, 1.82) is 0 Å². The van der Waals surface area contributed by atoms with Gasteiger partial charge in [-0.05, 0) is 29.8 Å². The molecule has 1 N–H and O–H groups in total. The minimum absolute atomic E-state index is 0.433. The van der Waals surface area contributed by atoms with Crippen LogP contribution >= 0.6 is 15.9 Å². The van der Waals surface area contributed by atoms with E-state index in [9.17, 15) is 5.11 Å². The van der Waals surface area contributed by atoms with Gasteiger partial charge in [0.2, 0.25) is 0 Å².